The van der Waals surface area contributed by atoms with E-state index in [4.69, 9.17) is 0 Å². The molecule has 9 nitrogen and oxygen atoms in total. The van der Waals surface area contributed by atoms with Crippen molar-refractivity contribution in [1.29, 1.82) is 0 Å². The number of aromatic nitrogens is 5. The molecule has 2 heterocycles. The third kappa shape index (κ3) is 3.24. The monoisotopic (exact) mass is 286 g/mol. The van der Waals surface area contributed by atoms with Crippen molar-refractivity contribution in [2.45, 2.75) is 5.03 Å². The lowest BCUT2D eigenvalue weighted by molar-refractivity contribution is -0.113. The molecule has 0 unspecified atom stereocenters. The average Bonchev–Trinajstić information content (AvgIpc) is 2.80. The molecule has 0 aliphatic heterocycles. The van der Waals surface area contributed by atoms with Crippen molar-refractivity contribution in [2.24, 2.45) is 0 Å². The van der Waals surface area contributed by atoms with E-state index in [0.717, 1.165) is 11.8 Å². The lowest BCUT2D eigenvalue weighted by atomic mass is 10.7. The molecule has 0 aromatic carbocycles. The van der Waals surface area contributed by atoms with Gasteiger partial charge in [-0.1, -0.05) is 23.1 Å². The number of hydrogen-bond acceptors (Lipinski definition) is 8. The fourth-order valence-corrected chi connectivity index (χ4v) is 2.04. The van der Waals surface area contributed by atoms with Crippen molar-refractivity contribution in [2.75, 3.05) is 11.1 Å². The van der Waals surface area contributed by atoms with Gasteiger partial charge in [0.15, 0.2) is 5.03 Å². The molecule has 18 heavy (non-hydrogen) atoms. The topological polar surface area (TPSA) is 133 Å². The predicted molar refractivity (Wildman–Crippen MR) is 64.7 cm³/mol. The Morgan fingerprint density at radius 3 is 3.00 bits per heavy atom. The summed E-state index contributed by atoms with van der Waals surface area (Å²) in [6.45, 7) is 0. The van der Waals surface area contributed by atoms with Crippen LogP contribution in [0, 0.1) is 0 Å². The fraction of sp³-hybridized carbons (Fsp3) is 0.143. The van der Waals surface area contributed by atoms with Gasteiger partial charge in [0.1, 0.15) is 5.51 Å². The zero-order valence-electron chi connectivity index (χ0n) is 8.67. The number of hydrogen-bond donors (Lipinski definition) is 3. The molecule has 0 saturated heterocycles. The van der Waals surface area contributed by atoms with Gasteiger partial charge in [0.05, 0.1) is 5.75 Å². The first kappa shape index (κ1) is 12.4. The highest BCUT2D eigenvalue weighted by molar-refractivity contribution is 7.99. The number of rotatable bonds is 4. The molecule has 0 aliphatic carbocycles. The van der Waals surface area contributed by atoms with Gasteiger partial charge in [-0.05, 0) is 0 Å². The summed E-state index contributed by atoms with van der Waals surface area (Å²) in [6.07, 6.45) is 0. The Hall–Kier alpha value is -2.01. The number of amides is 1. The number of thioether (sulfide) groups is 1. The molecule has 0 atom stereocenters. The third-order valence-electron chi connectivity index (χ3n) is 1.63. The smallest absolute Gasteiger partial charge is 0.300 e. The Labute approximate surface area is 107 Å². The van der Waals surface area contributed by atoms with E-state index in [-0.39, 0.29) is 16.7 Å². The maximum atomic E-state index is 11.5. The number of nitrogens with zero attached hydrogens (tertiary/aromatic N) is 3. The summed E-state index contributed by atoms with van der Waals surface area (Å²) in [5.74, 6) is -0.369. The quantitative estimate of drug-likeness (QED) is 0.616. The lowest BCUT2D eigenvalue weighted by Crippen LogP contribution is -2.25. The summed E-state index contributed by atoms with van der Waals surface area (Å²) in [4.78, 5) is 35.4. The van der Waals surface area contributed by atoms with E-state index in [1.165, 1.54) is 16.8 Å². The van der Waals surface area contributed by atoms with Crippen LogP contribution >= 0.6 is 23.1 Å². The maximum absolute atomic E-state index is 11.5. The number of carbonyl (C=O) groups is 1. The van der Waals surface area contributed by atoms with Crippen molar-refractivity contribution in [3.05, 3.63) is 26.3 Å². The van der Waals surface area contributed by atoms with Crippen molar-refractivity contribution < 1.29 is 4.79 Å². The van der Waals surface area contributed by atoms with Gasteiger partial charge in [0.25, 0.3) is 5.56 Å². The van der Waals surface area contributed by atoms with Crippen molar-refractivity contribution in [3.63, 3.8) is 0 Å². The van der Waals surface area contributed by atoms with E-state index < -0.39 is 11.2 Å². The zero-order chi connectivity index (χ0) is 13.0. The van der Waals surface area contributed by atoms with Gasteiger partial charge in [-0.3, -0.25) is 19.9 Å². The highest BCUT2D eigenvalue weighted by Gasteiger charge is 2.09. The SMILES string of the molecule is O=C(CSc1n[nH]c(=O)[nH]c1=O)Nc1nncs1. The van der Waals surface area contributed by atoms with Gasteiger partial charge in [0.2, 0.25) is 11.0 Å². The molecule has 3 N–H and O–H groups in total. The summed E-state index contributed by atoms with van der Waals surface area (Å²) >= 11 is 2.09. The molecule has 0 bridgehead atoms. The van der Waals surface area contributed by atoms with Crippen LogP contribution in [-0.4, -0.2) is 37.0 Å². The Kier molecular flexibility index (Phi) is 3.84. The van der Waals surface area contributed by atoms with Gasteiger partial charge in [0, 0.05) is 0 Å². The second-order valence-corrected chi connectivity index (χ2v) is 4.69. The first-order chi connectivity index (χ1) is 8.65. The number of nitrogens with one attached hydrogen (secondary N) is 3. The predicted octanol–water partition coefficient (Wildman–Crippen LogP) is -0.960. The molecule has 0 radical (unpaired) electrons. The second-order valence-electron chi connectivity index (χ2n) is 2.89. The minimum atomic E-state index is -0.692. The average molecular weight is 286 g/mol. The summed E-state index contributed by atoms with van der Waals surface area (Å²) < 4.78 is 0. The van der Waals surface area contributed by atoms with Crippen molar-refractivity contribution in [3.8, 4) is 0 Å². The Morgan fingerprint density at radius 2 is 2.33 bits per heavy atom. The molecular weight excluding hydrogens is 280 g/mol. The molecule has 0 aliphatic rings. The standard InChI is InChI=1S/C7H6N6O3S2/c14-3(9-7-13-8-2-18-7)1-17-5-4(15)10-6(16)12-11-5/h2H,1H2,(H,9,13,14)(H2,10,12,15,16). The highest BCUT2D eigenvalue weighted by atomic mass is 32.2. The van der Waals surface area contributed by atoms with Gasteiger partial charge in [-0.25, -0.2) is 9.89 Å². The molecule has 0 spiro atoms. The van der Waals surface area contributed by atoms with Gasteiger partial charge in [-0.15, -0.1) is 10.2 Å². The van der Waals surface area contributed by atoms with E-state index in [1.807, 2.05) is 4.98 Å². The molecule has 2 aromatic rings. The molecule has 0 saturated carbocycles. The fourth-order valence-electron chi connectivity index (χ4n) is 0.951. The minimum absolute atomic E-state index is 0.0158. The summed E-state index contributed by atoms with van der Waals surface area (Å²) in [5, 5.41) is 15.7. The van der Waals surface area contributed by atoms with Crippen LogP contribution in [0.5, 0.6) is 0 Å². The molecule has 1 amide bonds. The largest absolute Gasteiger partial charge is 0.342 e. The maximum Gasteiger partial charge on any atom is 0.342 e. The number of anilines is 1. The number of aromatic amines is 2. The van der Waals surface area contributed by atoms with Crippen LogP contribution < -0.4 is 16.6 Å². The van der Waals surface area contributed by atoms with Crippen LogP contribution in [0.25, 0.3) is 0 Å². The summed E-state index contributed by atoms with van der Waals surface area (Å²) in [6, 6.07) is 0. The number of carbonyl (C=O) groups excluding carboxylic acids is 1. The highest BCUT2D eigenvalue weighted by Crippen LogP contribution is 2.11. The van der Waals surface area contributed by atoms with Gasteiger partial charge >= 0.3 is 5.69 Å². The summed E-state index contributed by atoms with van der Waals surface area (Å²) in [5.41, 5.74) is 0.159. The Bertz CT molecular complexity index is 648. The first-order valence-corrected chi connectivity index (χ1v) is 6.39. The number of H-pyrrole nitrogens is 2. The molecule has 94 valence electrons. The molecular formula is C7H6N6O3S2. The van der Waals surface area contributed by atoms with Gasteiger partial charge in [-0.2, -0.15) is 5.10 Å². The Morgan fingerprint density at radius 1 is 1.50 bits per heavy atom. The van der Waals surface area contributed by atoms with E-state index in [0.29, 0.717) is 5.13 Å². The first-order valence-electron chi connectivity index (χ1n) is 4.53. The molecule has 2 aromatic heterocycles. The minimum Gasteiger partial charge on any atom is -0.300 e. The molecule has 2 rings (SSSR count). The van der Waals surface area contributed by atoms with E-state index in [2.05, 4.69) is 25.7 Å². The van der Waals surface area contributed by atoms with E-state index in [1.54, 1.807) is 0 Å². The van der Waals surface area contributed by atoms with Crippen LogP contribution in [0.4, 0.5) is 5.13 Å². The lowest BCUT2D eigenvalue weighted by Gasteiger charge is -1.99. The van der Waals surface area contributed by atoms with Crippen LogP contribution in [0.15, 0.2) is 20.1 Å². The van der Waals surface area contributed by atoms with Crippen LogP contribution in [0.2, 0.25) is 0 Å². The van der Waals surface area contributed by atoms with E-state index >= 15 is 0 Å². The van der Waals surface area contributed by atoms with Crippen LogP contribution in [-0.2, 0) is 4.79 Å². The van der Waals surface area contributed by atoms with Crippen molar-refractivity contribution >= 4 is 34.1 Å². The summed E-state index contributed by atoms with van der Waals surface area (Å²) in [7, 11) is 0. The normalized spacial score (nSPS) is 10.2. The van der Waals surface area contributed by atoms with Crippen LogP contribution in [0.1, 0.15) is 0 Å². The third-order valence-corrected chi connectivity index (χ3v) is 3.19. The zero-order valence-corrected chi connectivity index (χ0v) is 10.3. The molecule has 11 heteroatoms. The van der Waals surface area contributed by atoms with Crippen molar-refractivity contribution in [1.82, 2.24) is 25.4 Å². The van der Waals surface area contributed by atoms with Gasteiger partial charge < -0.3 is 0 Å². The molecule has 0 fully saturated rings. The Balaban J connectivity index is 1.93. The second kappa shape index (κ2) is 5.55. The van der Waals surface area contributed by atoms with Crippen LogP contribution in [0.3, 0.4) is 0 Å². The van der Waals surface area contributed by atoms with E-state index in [9.17, 15) is 14.4 Å².